The first-order chi connectivity index (χ1) is 7.33. The average Bonchev–Trinajstić information content (AvgIpc) is 2.26. The summed E-state index contributed by atoms with van der Waals surface area (Å²) in [7, 11) is 0. The second-order valence-electron chi connectivity index (χ2n) is 3.95. The summed E-state index contributed by atoms with van der Waals surface area (Å²) in [6, 6.07) is 5.32. The Labute approximate surface area is 88.5 Å². The molecule has 1 aromatic rings. The summed E-state index contributed by atoms with van der Waals surface area (Å²) < 4.78 is 5.75. The molecule has 15 heavy (non-hydrogen) atoms. The van der Waals surface area contributed by atoms with Gasteiger partial charge in [-0.3, -0.25) is 0 Å². The maximum atomic E-state index is 9.37. The second-order valence-corrected chi connectivity index (χ2v) is 3.95. The summed E-state index contributed by atoms with van der Waals surface area (Å²) in [5, 5.41) is 9.37. The highest BCUT2D eigenvalue weighted by atomic mass is 16.5. The molecular formula is C13H12O2. The van der Waals surface area contributed by atoms with E-state index >= 15 is 0 Å². The third kappa shape index (κ3) is 1.42. The molecule has 0 radical (unpaired) electrons. The predicted octanol–water partition coefficient (Wildman–Crippen LogP) is 2.93. The Bertz CT molecular complexity index is 469. The molecule has 2 aliphatic rings. The number of aromatic hydroxyl groups is 1. The highest BCUT2D eigenvalue weighted by Gasteiger charge is 2.20. The van der Waals surface area contributed by atoms with Crippen molar-refractivity contribution in [1.29, 1.82) is 0 Å². The van der Waals surface area contributed by atoms with Gasteiger partial charge in [0, 0.05) is 12.5 Å². The van der Waals surface area contributed by atoms with E-state index in [1.54, 1.807) is 12.1 Å². The number of fused-ring (bicyclic) bond motifs is 2. The van der Waals surface area contributed by atoms with Gasteiger partial charge < -0.3 is 9.84 Å². The maximum absolute atomic E-state index is 9.37. The van der Waals surface area contributed by atoms with Crippen LogP contribution in [0.1, 0.15) is 18.4 Å². The lowest BCUT2D eigenvalue weighted by Crippen LogP contribution is -2.12. The number of phenolic OH excluding ortho intramolecular Hbond substituents is 1. The highest BCUT2D eigenvalue weighted by molar-refractivity contribution is 5.50. The summed E-state index contributed by atoms with van der Waals surface area (Å²) >= 11 is 0. The first kappa shape index (κ1) is 8.60. The summed E-state index contributed by atoms with van der Waals surface area (Å²) in [4.78, 5) is 0. The topological polar surface area (TPSA) is 29.5 Å². The van der Waals surface area contributed by atoms with E-state index in [0.717, 1.165) is 36.3 Å². The third-order valence-electron chi connectivity index (χ3n) is 2.86. The number of hydrogen-bond donors (Lipinski definition) is 1. The molecule has 0 atom stereocenters. The van der Waals surface area contributed by atoms with Crippen molar-refractivity contribution in [3.8, 4) is 11.5 Å². The average molecular weight is 200 g/mol. The molecule has 0 spiro atoms. The molecule has 76 valence electrons. The Morgan fingerprint density at radius 3 is 2.93 bits per heavy atom. The van der Waals surface area contributed by atoms with Crippen molar-refractivity contribution < 1.29 is 9.84 Å². The van der Waals surface area contributed by atoms with Gasteiger partial charge in [-0.1, -0.05) is 12.1 Å². The molecule has 0 unspecified atom stereocenters. The van der Waals surface area contributed by atoms with Crippen molar-refractivity contribution in [2.24, 2.45) is 0 Å². The number of rotatable bonds is 0. The zero-order valence-electron chi connectivity index (χ0n) is 8.36. The number of hydrogen-bond acceptors (Lipinski definition) is 2. The van der Waals surface area contributed by atoms with Crippen LogP contribution in [0.25, 0.3) is 0 Å². The Hall–Kier alpha value is -1.70. The van der Waals surface area contributed by atoms with E-state index in [1.165, 1.54) is 5.57 Å². The summed E-state index contributed by atoms with van der Waals surface area (Å²) in [5.41, 5.74) is 2.43. The molecule has 1 aliphatic heterocycles. The number of phenols is 1. The van der Waals surface area contributed by atoms with Crippen LogP contribution in [0.4, 0.5) is 0 Å². The lowest BCUT2D eigenvalue weighted by molar-refractivity contribution is 0.402. The van der Waals surface area contributed by atoms with Crippen LogP contribution in [0.15, 0.2) is 41.7 Å². The second kappa shape index (κ2) is 3.16. The van der Waals surface area contributed by atoms with E-state index < -0.39 is 0 Å². The molecule has 2 nitrogen and oxygen atoms in total. The van der Waals surface area contributed by atoms with Crippen LogP contribution < -0.4 is 4.74 Å². The van der Waals surface area contributed by atoms with Crippen LogP contribution in [-0.4, -0.2) is 5.11 Å². The van der Waals surface area contributed by atoms with Gasteiger partial charge in [0.1, 0.15) is 17.3 Å². The molecular weight excluding hydrogens is 188 g/mol. The van der Waals surface area contributed by atoms with Crippen LogP contribution in [0.2, 0.25) is 0 Å². The monoisotopic (exact) mass is 200 g/mol. The maximum Gasteiger partial charge on any atom is 0.134 e. The largest absolute Gasteiger partial charge is 0.508 e. The van der Waals surface area contributed by atoms with Gasteiger partial charge in [-0.15, -0.1) is 0 Å². The molecule has 0 saturated heterocycles. The van der Waals surface area contributed by atoms with E-state index in [1.807, 2.05) is 6.07 Å². The van der Waals surface area contributed by atoms with Gasteiger partial charge in [-0.05, 0) is 36.1 Å². The van der Waals surface area contributed by atoms with Gasteiger partial charge in [-0.25, -0.2) is 0 Å². The Balaban J connectivity index is 2.07. The highest BCUT2D eigenvalue weighted by Crippen LogP contribution is 2.36. The van der Waals surface area contributed by atoms with Crippen molar-refractivity contribution in [3.63, 3.8) is 0 Å². The van der Waals surface area contributed by atoms with E-state index in [-0.39, 0.29) is 5.75 Å². The van der Waals surface area contributed by atoms with E-state index in [9.17, 15) is 5.11 Å². The van der Waals surface area contributed by atoms with Crippen LogP contribution in [0.3, 0.4) is 0 Å². The number of ether oxygens (including phenoxy) is 1. The van der Waals surface area contributed by atoms with Crippen molar-refractivity contribution >= 4 is 0 Å². The molecule has 0 saturated carbocycles. The molecule has 0 bridgehead atoms. The van der Waals surface area contributed by atoms with Gasteiger partial charge >= 0.3 is 0 Å². The van der Waals surface area contributed by atoms with Crippen molar-refractivity contribution in [2.75, 3.05) is 0 Å². The number of allylic oxidation sites excluding steroid dienone is 3. The minimum absolute atomic E-state index is 0.262. The van der Waals surface area contributed by atoms with Gasteiger partial charge in [0.25, 0.3) is 0 Å². The Kier molecular flexibility index (Phi) is 1.81. The molecule has 1 heterocycles. The van der Waals surface area contributed by atoms with Crippen LogP contribution >= 0.6 is 0 Å². The molecule has 0 amide bonds. The Morgan fingerprint density at radius 1 is 1.13 bits per heavy atom. The minimum Gasteiger partial charge on any atom is -0.508 e. The molecule has 1 aliphatic carbocycles. The lowest BCUT2D eigenvalue weighted by atomic mass is 9.95. The van der Waals surface area contributed by atoms with Crippen molar-refractivity contribution in [1.82, 2.24) is 0 Å². The SMILES string of the molecule is Oc1ccc2c(c1)OC1=CCCC=C1C2. The van der Waals surface area contributed by atoms with Gasteiger partial charge in [0.05, 0.1) is 0 Å². The fourth-order valence-electron chi connectivity index (χ4n) is 2.08. The first-order valence-corrected chi connectivity index (χ1v) is 5.22. The molecule has 0 fully saturated rings. The Morgan fingerprint density at radius 2 is 2.00 bits per heavy atom. The van der Waals surface area contributed by atoms with Gasteiger partial charge in [0.15, 0.2) is 0 Å². The van der Waals surface area contributed by atoms with Crippen molar-refractivity contribution in [3.05, 3.63) is 47.2 Å². The normalized spacial score (nSPS) is 18.1. The zero-order chi connectivity index (χ0) is 10.3. The van der Waals surface area contributed by atoms with Crippen LogP contribution in [0.5, 0.6) is 11.5 Å². The summed E-state index contributed by atoms with van der Waals surface area (Å²) in [5.74, 6) is 2.03. The zero-order valence-corrected chi connectivity index (χ0v) is 8.36. The molecule has 2 heteroatoms. The molecule has 0 aromatic heterocycles. The molecule has 1 N–H and O–H groups in total. The van der Waals surface area contributed by atoms with E-state index in [0.29, 0.717) is 0 Å². The smallest absolute Gasteiger partial charge is 0.134 e. The molecule has 3 rings (SSSR count). The van der Waals surface area contributed by atoms with Gasteiger partial charge in [0.2, 0.25) is 0 Å². The van der Waals surface area contributed by atoms with Crippen LogP contribution in [-0.2, 0) is 6.42 Å². The van der Waals surface area contributed by atoms with Crippen molar-refractivity contribution in [2.45, 2.75) is 19.3 Å². The van der Waals surface area contributed by atoms with Gasteiger partial charge in [-0.2, -0.15) is 0 Å². The molecule has 1 aromatic carbocycles. The van der Waals surface area contributed by atoms with E-state index in [4.69, 9.17) is 4.74 Å². The standard InChI is InChI=1S/C13H12O2/c14-11-6-5-10-7-9-3-1-2-4-12(9)15-13(10)8-11/h3-6,8,14H,1-2,7H2. The van der Waals surface area contributed by atoms with E-state index in [2.05, 4.69) is 12.2 Å². The fourth-order valence-corrected chi connectivity index (χ4v) is 2.08. The third-order valence-corrected chi connectivity index (χ3v) is 2.86. The quantitative estimate of drug-likeness (QED) is 0.697. The minimum atomic E-state index is 0.262. The lowest BCUT2D eigenvalue weighted by Gasteiger charge is -2.24. The van der Waals surface area contributed by atoms with Crippen LogP contribution in [0, 0.1) is 0 Å². The predicted molar refractivity (Wildman–Crippen MR) is 57.8 cm³/mol. The summed E-state index contributed by atoms with van der Waals surface area (Å²) in [6.45, 7) is 0. The number of benzene rings is 1. The first-order valence-electron chi connectivity index (χ1n) is 5.22. The fraction of sp³-hybridized carbons (Fsp3) is 0.231. The summed E-state index contributed by atoms with van der Waals surface area (Å²) in [6.07, 6.45) is 7.44.